The predicted molar refractivity (Wildman–Crippen MR) is 85.5 cm³/mol. The van der Waals surface area contributed by atoms with Crippen molar-refractivity contribution < 1.29 is 9.53 Å². The Morgan fingerprint density at radius 1 is 1.26 bits per heavy atom. The third kappa shape index (κ3) is 3.11. The van der Waals surface area contributed by atoms with Gasteiger partial charge in [-0.3, -0.25) is 9.59 Å². The summed E-state index contributed by atoms with van der Waals surface area (Å²) in [6, 6.07) is 10.5. The number of benzene rings is 1. The van der Waals surface area contributed by atoms with E-state index in [4.69, 9.17) is 4.74 Å². The lowest BCUT2D eigenvalue weighted by atomic mass is 9.87. The average molecular weight is 313 g/mol. The minimum atomic E-state index is -0.413. The first-order valence-electron chi connectivity index (χ1n) is 7.66. The van der Waals surface area contributed by atoms with Crippen molar-refractivity contribution in [2.75, 3.05) is 7.11 Å². The molecule has 6 heteroatoms. The quantitative estimate of drug-likeness (QED) is 0.904. The van der Waals surface area contributed by atoms with Crippen LogP contribution >= 0.6 is 0 Å². The fraction of sp³-hybridized carbons (Fsp3) is 0.353. The number of carbonyl (C=O) groups is 1. The zero-order valence-electron chi connectivity index (χ0n) is 13.0. The van der Waals surface area contributed by atoms with Gasteiger partial charge in [-0.25, -0.2) is 5.10 Å². The first-order chi connectivity index (χ1) is 11.1. The lowest BCUT2D eigenvalue weighted by Gasteiger charge is -2.31. The lowest BCUT2D eigenvalue weighted by molar-refractivity contribution is 0.0891. The van der Waals surface area contributed by atoms with Crippen LogP contribution in [0, 0.1) is 0 Å². The van der Waals surface area contributed by atoms with Crippen LogP contribution < -0.4 is 15.6 Å². The van der Waals surface area contributed by atoms with Gasteiger partial charge < -0.3 is 10.1 Å². The number of rotatable bonds is 4. The van der Waals surface area contributed by atoms with E-state index in [1.807, 2.05) is 24.3 Å². The smallest absolute Gasteiger partial charge is 0.272 e. The molecule has 0 saturated heterocycles. The maximum atomic E-state index is 12.5. The van der Waals surface area contributed by atoms with E-state index in [2.05, 4.69) is 15.5 Å². The van der Waals surface area contributed by atoms with E-state index in [0.717, 1.165) is 37.0 Å². The van der Waals surface area contributed by atoms with E-state index in [1.54, 1.807) is 7.11 Å². The number of nitrogens with zero attached hydrogens (tertiary/aromatic N) is 1. The Balaban J connectivity index is 1.90. The molecule has 1 heterocycles. The van der Waals surface area contributed by atoms with Crippen LogP contribution in [0.25, 0.3) is 0 Å². The van der Waals surface area contributed by atoms with Crippen molar-refractivity contribution in [2.45, 2.75) is 31.2 Å². The normalized spacial score (nSPS) is 16.0. The van der Waals surface area contributed by atoms with E-state index >= 15 is 0 Å². The van der Waals surface area contributed by atoms with E-state index < -0.39 is 5.54 Å². The highest BCUT2D eigenvalue weighted by Gasteiger charge is 2.37. The molecule has 1 saturated carbocycles. The number of hydrogen-bond donors (Lipinski definition) is 2. The van der Waals surface area contributed by atoms with Crippen LogP contribution in [0.4, 0.5) is 0 Å². The number of nitrogens with one attached hydrogen (secondary N) is 2. The minimum absolute atomic E-state index is 0.207. The van der Waals surface area contributed by atoms with Crippen LogP contribution in [0.1, 0.15) is 41.7 Å². The Kier molecular flexibility index (Phi) is 4.14. The molecule has 1 fully saturated rings. The molecule has 23 heavy (non-hydrogen) atoms. The molecule has 2 aromatic rings. The summed E-state index contributed by atoms with van der Waals surface area (Å²) in [6.45, 7) is 0. The first kappa shape index (κ1) is 15.3. The SMILES string of the molecule is COc1cccc(C2(NC(=O)c3ccc(=O)[nH]n3)CCCC2)c1. The van der Waals surface area contributed by atoms with Gasteiger partial charge in [0.1, 0.15) is 11.4 Å². The number of amides is 1. The zero-order chi connectivity index (χ0) is 16.3. The van der Waals surface area contributed by atoms with Gasteiger partial charge in [0.15, 0.2) is 0 Å². The van der Waals surface area contributed by atoms with Crippen molar-refractivity contribution in [1.82, 2.24) is 15.5 Å². The number of carbonyl (C=O) groups excluding carboxylic acids is 1. The minimum Gasteiger partial charge on any atom is -0.497 e. The van der Waals surface area contributed by atoms with Crippen molar-refractivity contribution in [2.24, 2.45) is 0 Å². The molecule has 0 aliphatic heterocycles. The second-order valence-corrected chi connectivity index (χ2v) is 5.78. The van der Waals surface area contributed by atoms with E-state index in [1.165, 1.54) is 12.1 Å². The van der Waals surface area contributed by atoms with E-state index in [0.29, 0.717) is 0 Å². The lowest BCUT2D eigenvalue weighted by Crippen LogP contribution is -2.44. The summed E-state index contributed by atoms with van der Waals surface area (Å²) in [5.41, 5.74) is 0.500. The second-order valence-electron chi connectivity index (χ2n) is 5.78. The highest BCUT2D eigenvalue weighted by atomic mass is 16.5. The van der Waals surface area contributed by atoms with Gasteiger partial charge in [0.25, 0.3) is 11.5 Å². The van der Waals surface area contributed by atoms with Gasteiger partial charge in [-0.2, -0.15) is 5.10 Å². The van der Waals surface area contributed by atoms with Gasteiger partial charge in [-0.05, 0) is 36.6 Å². The summed E-state index contributed by atoms with van der Waals surface area (Å²) in [5, 5.41) is 9.21. The molecule has 0 spiro atoms. The standard InChI is InChI=1S/C17H19N3O3/c1-23-13-6-4-5-12(11-13)17(9-2-3-10-17)18-16(22)14-7-8-15(21)20-19-14/h4-8,11H,2-3,9-10H2,1H3,(H,18,22)(H,20,21). The summed E-state index contributed by atoms with van der Waals surface area (Å²) < 4.78 is 5.30. The number of H-pyrrole nitrogens is 1. The summed E-state index contributed by atoms with van der Waals surface area (Å²) in [7, 11) is 1.63. The summed E-state index contributed by atoms with van der Waals surface area (Å²) in [6.07, 6.45) is 3.84. The molecular weight excluding hydrogens is 294 g/mol. The van der Waals surface area contributed by atoms with Gasteiger partial charge in [0, 0.05) is 6.07 Å². The Morgan fingerprint density at radius 3 is 2.70 bits per heavy atom. The molecule has 1 aliphatic rings. The van der Waals surface area contributed by atoms with Crippen molar-refractivity contribution in [3.63, 3.8) is 0 Å². The van der Waals surface area contributed by atoms with Gasteiger partial charge in [0.05, 0.1) is 12.6 Å². The van der Waals surface area contributed by atoms with Gasteiger partial charge >= 0.3 is 0 Å². The van der Waals surface area contributed by atoms with Crippen molar-refractivity contribution in [3.05, 3.63) is 58.0 Å². The van der Waals surface area contributed by atoms with E-state index in [-0.39, 0.29) is 17.2 Å². The molecule has 1 aliphatic carbocycles. The third-order valence-corrected chi connectivity index (χ3v) is 4.34. The summed E-state index contributed by atoms with van der Waals surface area (Å²) in [5.74, 6) is 0.483. The maximum Gasteiger partial charge on any atom is 0.272 e. The number of methoxy groups -OCH3 is 1. The summed E-state index contributed by atoms with van der Waals surface area (Å²) >= 11 is 0. The molecule has 0 atom stereocenters. The monoisotopic (exact) mass is 313 g/mol. The number of hydrogen-bond acceptors (Lipinski definition) is 4. The Bertz CT molecular complexity index is 743. The van der Waals surface area contributed by atoms with Gasteiger partial charge in [0.2, 0.25) is 0 Å². The Labute approximate surface area is 133 Å². The maximum absolute atomic E-state index is 12.5. The molecule has 2 N–H and O–H groups in total. The zero-order valence-corrected chi connectivity index (χ0v) is 13.0. The number of ether oxygens (including phenoxy) is 1. The molecule has 0 radical (unpaired) electrons. The third-order valence-electron chi connectivity index (χ3n) is 4.34. The number of aromatic nitrogens is 2. The molecule has 120 valence electrons. The van der Waals surface area contributed by atoms with Crippen LogP contribution in [0.2, 0.25) is 0 Å². The van der Waals surface area contributed by atoms with Crippen LogP contribution in [-0.4, -0.2) is 23.2 Å². The van der Waals surface area contributed by atoms with Crippen LogP contribution in [-0.2, 0) is 5.54 Å². The summed E-state index contributed by atoms with van der Waals surface area (Å²) in [4.78, 5) is 23.6. The van der Waals surface area contributed by atoms with E-state index in [9.17, 15) is 9.59 Å². The van der Waals surface area contributed by atoms with Gasteiger partial charge in [-0.15, -0.1) is 0 Å². The fourth-order valence-electron chi connectivity index (χ4n) is 3.14. The molecule has 6 nitrogen and oxygen atoms in total. The van der Waals surface area contributed by atoms with Crippen LogP contribution in [0.3, 0.4) is 0 Å². The number of aromatic amines is 1. The van der Waals surface area contributed by atoms with Crippen LogP contribution in [0.5, 0.6) is 5.75 Å². The van der Waals surface area contributed by atoms with Crippen molar-refractivity contribution in [3.8, 4) is 5.75 Å². The molecule has 0 bridgehead atoms. The molecule has 0 unspecified atom stereocenters. The van der Waals surface area contributed by atoms with Crippen molar-refractivity contribution in [1.29, 1.82) is 0 Å². The largest absolute Gasteiger partial charge is 0.497 e. The van der Waals surface area contributed by atoms with Gasteiger partial charge in [-0.1, -0.05) is 25.0 Å². The topological polar surface area (TPSA) is 84.1 Å². The fourth-order valence-corrected chi connectivity index (χ4v) is 3.14. The average Bonchev–Trinajstić information content (AvgIpc) is 3.05. The molecule has 1 amide bonds. The highest BCUT2D eigenvalue weighted by Crippen LogP contribution is 2.39. The Morgan fingerprint density at radius 2 is 2.04 bits per heavy atom. The molecule has 1 aromatic heterocycles. The molecule has 1 aromatic carbocycles. The highest BCUT2D eigenvalue weighted by molar-refractivity contribution is 5.92. The first-order valence-corrected chi connectivity index (χ1v) is 7.66. The second kappa shape index (κ2) is 6.24. The van der Waals surface area contributed by atoms with Crippen molar-refractivity contribution >= 4 is 5.91 Å². The van der Waals surface area contributed by atoms with Crippen LogP contribution in [0.15, 0.2) is 41.2 Å². The molecular formula is C17H19N3O3. The Hall–Kier alpha value is -2.63. The molecule has 3 rings (SSSR count). The predicted octanol–water partition coefficient (Wildman–Crippen LogP) is 1.98.